The van der Waals surface area contributed by atoms with Crippen molar-refractivity contribution in [3.8, 4) is 0 Å². The highest BCUT2D eigenvalue weighted by atomic mass is 32.2. The highest BCUT2D eigenvalue weighted by Gasteiger charge is 2.73. The fraction of sp³-hybridized carbons (Fsp3) is 0.207. The van der Waals surface area contributed by atoms with E-state index in [9.17, 15) is 27.6 Å². The van der Waals surface area contributed by atoms with E-state index in [2.05, 4.69) is 4.98 Å². The van der Waals surface area contributed by atoms with E-state index < -0.39 is 62.6 Å². The van der Waals surface area contributed by atoms with Crippen molar-refractivity contribution in [2.45, 2.75) is 29.2 Å². The molecule has 12 nitrogen and oxygen atoms in total. The third-order valence-corrected chi connectivity index (χ3v) is 10.0. The van der Waals surface area contributed by atoms with E-state index in [0.29, 0.717) is 11.1 Å². The number of carbonyl (C=O) groups is 4. The lowest BCUT2D eigenvalue weighted by Gasteiger charge is -2.39. The van der Waals surface area contributed by atoms with Gasteiger partial charge in [-0.2, -0.15) is 0 Å². The Morgan fingerprint density at radius 3 is 2.17 bits per heavy atom. The molecule has 2 aromatic carbocycles. The SMILES string of the molecule is C[C@]1(COC(N)=O)[C@H](C(=O)OC(c2ccccc2)c2ccccc2)N2C(=O)/C(=C/c3cc(C(N)=O)ccn3)[C@H]2S1(=O)=O. The summed E-state index contributed by atoms with van der Waals surface area (Å²) in [6, 6.07) is 18.6. The van der Waals surface area contributed by atoms with Crippen molar-refractivity contribution >= 4 is 39.8 Å². The molecule has 5 rings (SSSR count). The largest absolute Gasteiger partial charge is 0.451 e. The van der Waals surface area contributed by atoms with Gasteiger partial charge in [0.25, 0.3) is 5.91 Å². The number of carbonyl (C=O) groups excluding carboxylic acids is 4. The lowest BCUT2D eigenvalue weighted by Crippen LogP contribution is -2.60. The van der Waals surface area contributed by atoms with Gasteiger partial charge in [-0.15, -0.1) is 0 Å². The standard InChI is InChI=1S/C29H26N4O8S/c1-29(16-40-28(31)37)23(27(36)41-22(17-8-4-2-5-9-17)18-10-6-3-7-11-18)33-25(35)21(26(33)42(29,38)39)15-20-14-19(24(30)34)12-13-32-20/h2-15,22-23,26H,16H2,1H3,(H2,30,34)(H2,31,37)/b21-15-/t23-,26+,29-/m0/s1. The first kappa shape index (κ1) is 28.5. The fourth-order valence-electron chi connectivity index (χ4n) is 5.20. The lowest BCUT2D eigenvalue weighted by atomic mass is 9.93. The van der Waals surface area contributed by atoms with E-state index in [-0.39, 0.29) is 16.8 Å². The van der Waals surface area contributed by atoms with E-state index in [0.717, 1.165) is 4.90 Å². The van der Waals surface area contributed by atoms with Gasteiger partial charge < -0.3 is 25.8 Å². The zero-order valence-electron chi connectivity index (χ0n) is 22.2. The number of benzene rings is 2. The minimum absolute atomic E-state index is 0.101. The molecule has 0 spiro atoms. The van der Waals surface area contributed by atoms with Crippen LogP contribution in [0.4, 0.5) is 4.79 Å². The predicted octanol–water partition coefficient (Wildman–Crippen LogP) is 1.72. The Balaban J connectivity index is 1.56. The molecule has 42 heavy (non-hydrogen) atoms. The highest BCUT2D eigenvalue weighted by Crippen LogP contribution is 2.50. The number of β-lactam (4-membered cyclic amide) rings is 1. The minimum atomic E-state index is -4.43. The number of sulfone groups is 1. The van der Waals surface area contributed by atoms with Gasteiger partial charge in [0, 0.05) is 11.8 Å². The Morgan fingerprint density at radius 1 is 1.02 bits per heavy atom. The summed E-state index contributed by atoms with van der Waals surface area (Å²) in [5.74, 6) is -2.52. The number of fused-ring (bicyclic) bond motifs is 1. The molecule has 216 valence electrons. The van der Waals surface area contributed by atoms with Crippen LogP contribution in [0, 0.1) is 0 Å². The average Bonchev–Trinajstić information content (AvgIpc) is 3.14. The van der Waals surface area contributed by atoms with Gasteiger partial charge in [0.15, 0.2) is 27.4 Å². The van der Waals surface area contributed by atoms with Crippen molar-refractivity contribution in [1.82, 2.24) is 9.88 Å². The molecule has 4 N–H and O–H groups in total. The van der Waals surface area contributed by atoms with Crippen LogP contribution < -0.4 is 11.5 Å². The molecule has 0 radical (unpaired) electrons. The summed E-state index contributed by atoms with van der Waals surface area (Å²) in [6.07, 6.45) is 0.311. The zero-order valence-corrected chi connectivity index (χ0v) is 23.1. The molecule has 2 aliphatic heterocycles. The molecule has 3 atom stereocenters. The van der Waals surface area contributed by atoms with Crippen molar-refractivity contribution in [2.24, 2.45) is 11.5 Å². The maximum absolute atomic E-state index is 14.0. The molecular formula is C29H26N4O8S. The van der Waals surface area contributed by atoms with Crippen molar-refractivity contribution < 1.29 is 37.1 Å². The van der Waals surface area contributed by atoms with E-state index in [1.165, 1.54) is 31.3 Å². The minimum Gasteiger partial charge on any atom is -0.451 e. The number of primary amides is 2. The number of rotatable bonds is 8. The molecule has 0 unspecified atom stereocenters. The lowest BCUT2D eigenvalue weighted by molar-refractivity contribution is -0.161. The van der Waals surface area contributed by atoms with Crippen LogP contribution in [0.25, 0.3) is 6.08 Å². The number of hydrogen-bond acceptors (Lipinski definition) is 9. The molecular weight excluding hydrogens is 564 g/mol. The van der Waals surface area contributed by atoms with Crippen LogP contribution in [0.1, 0.15) is 40.2 Å². The zero-order chi connectivity index (χ0) is 30.2. The number of hydrogen-bond donors (Lipinski definition) is 2. The number of amides is 3. The van der Waals surface area contributed by atoms with E-state index in [4.69, 9.17) is 20.9 Å². The van der Waals surface area contributed by atoms with Crippen molar-refractivity contribution in [3.05, 3.63) is 107 Å². The van der Waals surface area contributed by atoms with Gasteiger partial charge >= 0.3 is 12.1 Å². The molecule has 3 heterocycles. The Bertz CT molecular complexity index is 1670. The number of aromatic nitrogens is 1. The van der Waals surface area contributed by atoms with Gasteiger partial charge in [0.1, 0.15) is 11.4 Å². The van der Waals surface area contributed by atoms with Crippen molar-refractivity contribution in [1.29, 1.82) is 0 Å². The Kier molecular flexibility index (Phi) is 7.29. The summed E-state index contributed by atoms with van der Waals surface area (Å²) >= 11 is 0. The predicted molar refractivity (Wildman–Crippen MR) is 149 cm³/mol. The molecule has 2 aliphatic rings. The molecule has 0 aliphatic carbocycles. The number of esters is 1. The Hall–Kier alpha value is -5.04. The Morgan fingerprint density at radius 2 is 1.62 bits per heavy atom. The molecule has 0 bridgehead atoms. The topological polar surface area (TPSA) is 189 Å². The molecule has 2 saturated heterocycles. The van der Waals surface area contributed by atoms with Gasteiger partial charge in [-0.1, -0.05) is 60.7 Å². The van der Waals surface area contributed by atoms with Crippen LogP contribution in [0.5, 0.6) is 0 Å². The summed E-state index contributed by atoms with van der Waals surface area (Å²) < 4.78 is 36.7. The first-order valence-corrected chi connectivity index (χ1v) is 14.3. The van der Waals surface area contributed by atoms with Crippen molar-refractivity contribution in [2.75, 3.05) is 6.61 Å². The second-order valence-electron chi connectivity index (χ2n) is 10.0. The second-order valence-corrected chi connectivity index (χ2v) is 12.5. The van der Waals surface area contributed by atoms with Crippen LogP contribution in [-0.2, 0) is 28.9 Å². The van der Waals surface area contributed by atoms with Gasteiger partial charge in [0.2, 0.25) is 5.91 Å². The second kappa shape index (κ2) is 10.7. The van der Waals surface area contributed by atoms with Crippen LogP contribution in [0.2, 0.25) is 0 Å². The summed E-state index contributed by atoms with van der Waals surface area (Å²) in [7, 11) is -4.43. The molecule has 13 heteroatoms. The third kappa shape index (κ3) is 4.77. The fourth-order valence-corrected chi connectivity index (χ4v) is 7.47. The van der Waals surface area contributed by atoms with Crippen LogP contribution in [-0.4, -0.2) is 64.9 Å². The number of pyridine rings is 1. The van der Waals surface area contributed by atoms with Gasteiger partial charge in [-0.05, 0) is 36.3 Å². The van der Waals surface area contributed by atoms with E-state index in [1.54, 1.807) is 60.7 Å². The van der Waals surface area contributed by atoms with Crippen LogP contribution in [0.3, 0.4) is 0 Å². The number of nitrogens with zero attached hydrogens (tertiary/aromatic N) is 2. The first-order valence-electron chi connectivity index (χ1n) is 12.7. The summed E-state index contributed by atoms with van der Waals surface area (Å²) in [5.41, 5.74) is 11.7. The monoisotopic (exact) mass is 590 g/mol. The quantitative estimate of drug-likeness (QED) is 0.223. The summed E-state index contributed by atoms with van der Waals surface area (Å²) in [6.45, 7) is 0.390. The smallest absolute Gasteiger partial charge is 0.404 e. The summed E-state index contributed by atoms with van der Waals surface area (Å²) in [5, 5.41) is -1.57. The number of nitrogens with two attached hydrogens (primary N) is 2. The average molecular weight is 591 g/mol. The number of ether oxygens (including phenoxy) is 2. The third-order valence-electron chi connectivity index (χ3n) is 7.33. The molecule has 0 saturated carbocycles. The van der Waals surface area contributed by atoms with Crippen molar-refractivity contribution in [3.63, 3.8) is 0 Å². The van der Waals surface area contributed by atoms with Gasteiger partial charge in [0.05, 0.1) is 11.3 Å². The van der Waals surface area contributed by atoms with Gasteiger partial charge in [-0.3, -0.25) is 14.6 Å². The van der Waals surface area contributed by atoms with Crippen LogP contribution >= 0.6 is 0 Å². The first-order chi connectivity index (χ1) is 20.0. The molecule has 1 aromatic heterocycles. The highest BCUT2D eigenvalue weighted by molar-refractivity contribution is 7.94. The maximum atomic E-state index is 14.0. The molecule has 3 aromatic rings. The normalized spacial score (nSPS) is 23.2. The maximum Gasteiger partial charge on any atom is 0.404 e. The van der Waals surface area contributed by atoms with E-state index in [1.807, 2.05) is 0 Å². The van der Waals surface area contributed by atoms with Gasteiger partial charge in [-0.25, -0.2) is 18.0 Å². The summed E-state index contributed by atoms with van der Waals surface area (Å²) in [4.78, 5) is 55.5. The molecule has 2 fully saturated rings. The Labute approximate surface area is 240 Å². The van der Waals surface area contributed by atoms with E-state index >= 15 is 0 Å². The van der Waals surface area contributed by atoms with Crippen LogP contribution in [0.15, 0.2) is 84.6 Å². The molecule has 3 amide bonds.